The Hall–Kier alpha value is -2.35. The van der Waals surface area contributed by atoms with Crippen molar-refractivity contribution >= 4 is 43.8 Å². The van der Waals surface area contributed by atoms with Crippen LogP contribution in [0.25, 0.3) is 10.2 Å². The average molecular weight is 408 g/mol. The van der Waals surface area contributed by atoms with E-state index in [-0.39, 0.29) is 0 Å². The first-order chi connectivity index (χ1) is 13.8. The van der Waals surface area contributed by atoms with Crippen molar-refractivity contribution in [1.82, 2.24) is 19.9 Å². The van der Waals surface area contributed by atoms with E-state index in [9.17, 15) is 0 Å². The zero-order valence-corrected chi connectivity index (χ0v) is 17.3. The molecule has 28 heavy (non-hydrogen) atoms. The molecule has 5 nitrogen and oxygen atoms in total. The summed E-state index contributed by atoms with van der Waals surface area (Å²) in [5.74, 6) is 0.846. The number of benzene rings is 1. The van der Waals surface area contributed by atoms with Crippen molar-refractivity contribution in [3.05, 3.63) is 64.2 Å². The van der Waals surface area contributed by atoms with Crippen molar-refractivity contribution in [2.45, 2.75) is 25.8 Å². The van der Waals surface area contributed by atoms with Gasteiger partial charge in [0.15, 0.2) is 5.13 Å². The molecule has 1 aliphatic heterocycles. The van der Waals surface area contributed by atoms with Gasteiger partial charge in [-0.15, -0.1) is 22.7 Å². The van der Waals surface area contributed by atoms with Gasteiger partial charge in [-0.25, -0.2) is 15.0 Å². The number of nitrogens with one attached hydrogen (secondary N) is 1. The van der Waals surface area contributed by atoms with Gasteiger partial charge in [-0.3, -0.25) is 4.90 Å². The largest absolute Gasteiger partial charge is 0.316 e. The van der Waals surface area contributed by atoms with Crippen LogP contribution in [0.5, 0.6) is 0 Å². The van der Waals surface area contributed by atoms with Crippen LogP contribution in [-0.4, -0.2) is 32.9 Å². The summed E-state index contributed by atoms with van der Waals surface area (Å²) in [6.45, 7) is 4.37. The fourth-order valence-corrected chi connectivity index (χ4v) is 5.38. The van der Waals surface area contributed by atoms with Gasteiger partial charge in [0.2, 0.25) is 0 Å². The maximum Gasteiger partial charge on any atom is 0.188 e. The summed E-state index contributed by atoms with van der Waals surface area (Å²) in [7, 11) is 0. The molecule has 0 bridgehead atoms. The van der Waals surface area contributed by atoms with E-state index < -0.39 is 0 Å². The number of hydrogen-bond donors (Lipinski definition) is 1. The third-order valence-electron chi connectivity index (χ3n) is 5.32. The number of aromatic nitrogens is 3. The van der Waals surface area contributed by atoms with Gasteiger partial charge in [0.25, 0.3) is 0 Å². The molecule has 0 spiro atoms. The molecular weight excluding hydrogens is 386 g/mol. The molecule has 1 atom stereocenters. The first-order valence-electron chi connectivity index (χ1n) is 9.50. The number of fused-ring (bicyclic) bond motifs is 2. The van der Waals surface area contributed by atoms with Crippen molar-refractivity contribution in [2.24, 2.45) is 0 Å². The Morgan fingerprint density at radius 1 is 1.11 bits per heavy atom. The Labute approximate surface area is 172 Å². The summed E-state index contributed by atoms with van der Waals surface area (Å²) in [5, 5.41) is 4.28. The highest BCUT2D eigenvalue weighted by Crippen LogP contribution is 2.31. The molecule has 0 amide bonds. The van der Waals surface area contributed by atoms with Gasteiger partial charge >= 0.3 is 0 Å². The Kier molecular flexibility index (Phi) is 4.80. The van der Waals surface area contributed by atoms with Crippen molar-refractivity contribution in [3.63, 3.8) is 0 Å². The molecule has 0 saturated heterocycles. The molecule has 142 valence electrons. The molecule has 4 heterocycles. The van der Waals surface area contributed by atoms with E-state index in [1.807, 2.05) is 23.7 Å². The monoisotopic (exact) mass is 407 g/mol. The van der Waals surface area contributed by atoms with Gasteiger partial charge in [0.05, 0.1) is 21.4 Å². The molecule has 1 aliphatic rings. The molecular formula is C21H21N5S2. The molecule has 3 aromatic heterocycles. The first-order valence-corrected chi connectivity index (χ1v) is 11.2. The standard InChI is InChI=1S/C21H21N5S2/c1-14(15-5-6-18-17(12-15)23-13-27-18)26-10-7-16-19(8-11-26)28-21(24-16)25-20-4-2-3-9-22-20/h2-6,9,12-14H,7-8,10-11H2,1H3,(H,22,24,25). The minimum atomic E-state index is 0.381. The van der Waals surface area contributed by atoms with E-state index >= 15 is 0 Å². The normalized spacial score (nSPS) is 15.9. The second-order valence-corrected chi connectivity index (χ2v) is 8.99. The minimum Gasteiger partial charge on any atom is -0.316 e. The van der Waals surface area contributed by atoms with Crippen LogP contribution in [0.1, 0.15) is 29.1 Å². The van der Waals surface area contributed by atoms with Gasteiger partial charge < -0.3 is 5.32 Å². The fraction of sp³-hybridized carbons (Fsp3) is 0.286. The highest BCUT2D eigenvalue weighted by Gasteiger charge is 2.22. The lowest BCUT2D eigenvalue weighted by molar-refractivity contribution is 0.221. The van der Waals surface area contributed by atoms with Crippen molar-refractivity contribution < 1.29 is 0 Å². The van der Waals surface area contributed by atoms with Gasteiger partial charge in [-0.1, -0.05) is 12.1 Å². The van der Waals surface area contributed by atoms with Gasteiger partial charge in [-0.05, 0) is 43.2 Å². The Bertz CT molecular complexity index is 1060. The average Bonchev–Trinajstić information content (AvgIpc) is 3.30. The highest BCUT2D eigenvalue weighted by atomic mass is 32.1. The van der Waals surface area contributed by atoms with Crippen LogP contribution in [0.4, 0.5) is 10.9 Å². The molecule has 4 aromatic rings. The summed E-state index contributed by atoms with van der Waals surface area (Å²) >= 11 is 3.46. The maximum atomic E-state index is 4.84. The fourth-order valence-electron chi connectivity index (χ4n) is 3.71. The van der Waals surface area contributed by atoms with Crippen LogP contribution in [0, 0.1) is 0 Å². The lowest BCUT2D eigenvalue weighted by Crippen LogP contribution is -2.29. The van der Waals surface area contributed by atoms with Crippen LogP contribution in [0.15, 0.2) is 48.1 Å². The molecule has 1 N–H and O–H groups in total. The van der Waals surface area contributed by atoms with E-state index in [1.165, 1.54) is 20.8 Å². The minimum absolute atomic E-state index is 0.381. The van der Waals surface area contributed by atoms with E-state index in [0.717, 1.165) is 42.4 Å². The molecule has 7 heteroatoms. The number of pyridine rings is 1. The van der Waals surface area contributed by atoms with Crippen LogP contribution in [0.2, 0.25) is 0 Å². The third-order valence-corrected chi connectivity index (χ3v) is 7.21. The number of anilines is 2. The first kappa shape index (κ1) is 17.7. The number of thiazole rings is 2. The summed E-state index contributed by atoms with van der Waals surface area (Å²) in [6.07, 6.45) is 3.82. The quantitative estimate of drug-likeness (QED) is 0.513. The Morgan fingerprint density at radius 2 is 2.04 bits per heavy atom. The number of rotatable bonds is 4. The molecule has 0 saturated carbocycles. The molecule has 0 radical (unpaired) electrons. The molecule has 1 aromatic carbocycles. The van der Waals surface area contributed by atoms with Crippen LogP contribution < -0.4 is 5.32 Å². The Morgan fingerprint density at radius 3 is 2.93 bits per heavy atom. The summed E-state index contributed by atoms with van der Waals surface area (Å²) in [4.78, 5) is 17.6. The highest BCUT2D eigenvalue weighted by molar-refractivity contribution is 7.16. The zero-order chi connectivity index (χ0) is 18.9. The number of hydrogen-bond acceptors (Lipinski definition) is 7. The third kappa shape index (κ3) is 3.53. The summed E-state index contributed by atoms with van der Waals surface area (Å²) in [6, 6.07) is 12.9. The lowest BCUT2D eigenvalue weighted by Gasteiger charge is -2.27. The van der Waals surface area contributed by atoms with Gasteiger partial charge in [-0.2, -0.15) is 0 Å². The van der Waals surface area contributed by atoms with Gasteiger partial charge in [0.1, 0.15) is 5.82 Å². The second kappa shape index (κ2) is 7.58. The van der Waals surface area contributed by atoms with Crippen LogP contribution in [0.3, 0.4) is 0 Å². The molecule has 1 unspecified atom stereocenters. The van der Waals surface area contributed by atoms with Crippen molar-refractivity contribution in [3.8, 4) is 0 Å². The Balaban J connectivity index is 1.29. The van der Waals surface area contributed by atoms with E-state index in [4.69, 9.17) is 4.98 Å². The predicted molar refractivity (Wildman–Crippen MR) is 117 cm³/mol. The molecule has 5 rings (SSSR count). The molecule has 0 aliphatic carbocycles. The maximum absolute atomic E-state index is 4.84. The van der Waals surface area contributed by atoms with Crippen LogP contribution >= 0.6 is 22.7 Å². The van der Waals surface area contributed by atoms with Crippen molar-refractivity contribution in [2.75, 3.05) is 18.4 Å². The lowest BCUT2D eigenvalue weighted by atomic mass is 10.1. The second-order valence-electron chi connectivity index (χ2n) is 7.02. The van der Waals surface area contributed by atoms with Crippen molar-refractivity contribution in [1.29, 1.82) is 0 Å². The topological polar surface area (TPSA) is 53.9 Å². The SMILES string of the molecule is CC(c1ccc2scnc2c1)N1CCc2nc(Nc3ccccn3)sc2CC1. The zero-order valence-electron chi connectivity index (χ0n) is 15.6. The van der Waals surface area contributed by atoms with Gasteiger partial charge in [0, 0.05) is 36.6 Å². The number of nitrogens with zero attached hydrogens (tertiary/aromatic N) is 4. The molecule has 0 fully saturated rings. The van der Waals surface area contributed by atoms with Crippen LogP contribution in [-0.2, 0) is 12.8 Å². The summed E-state index contributed by atoms with van der Waals surface area (Å²) < 4.78 is 1.26. The van der Waals surface area contributed by atoms with E-state index in [2.05, 4.69) is 45.3 Å². The summed E-state index contributed by atoms with van der Waals surface area (Å²) in [5.41, 5.74) is 5.60. The predicted octanol–water partition coefficient (Wildman–Crippen LogP) is 5.05. The van der Waals surface area contributed by atoms with E-state index in [1.54, 1.807) is 28.9 Å². The smallest absolute Gasteiger partial charge is 0.188 e. The van der Waals surface area contributed by atoms with E-state index in [0.29, 0.717) is 6.04 Å².